The quantitative estimate of drug-likeness (QED) is 0.450. The number of imidazole rings is 1. The molecule has 0 saturated carbocycles. The molecule has 0 unspecified atom stereocenters. The summed E-state index contributed by atoms with van der Waals surface area (Å²) in [6, 6.07) is 5.23. The molecular weight excluding hydrogens is 394 g/mol. The largest absolute Gasteiger partial charge is 0.444 e. The Kier molecular flexibility index (Phi) is 9.30. The lowest BCUT2D eigenvalue weighted by Gasteiger charge is -2.20. The second-order valence-corrected chi connectivity index (χ2v) is 8.15. The number of aromatic nitrogens is 2. The van der Waals surface area contributed by atoms with E-state index in [0.717, 1.165) is 5.56 Å². The second-order valence-electron chi connectivity index (χ2n) is 8.15. The van der Waals surface area contributed by atoms with Crippen LogP contribution < -0.4 is 16.3 Å². The molecule has 1 amide bonds. The van der Waals surface area contributed by atoms with Gasteiger partial charge in [0.15, 0.2) is 0 Å². The first-order valence-electron chi connectivity index (χ1n) is 10.3. The highest BCUT2D eigenvalue weighted by Gasteiger charge is 2.19. The van der Waals surface area contributed by atoms with Crippen LogP contribution >= 0.6 is 0 Å². The molecule has 0 fully saturated rings. The molecule has 0 bridgehead atoms. The molecule has 31 heavy (non-hydrogen) atoms. The Morgan fingerprint density at radius 2 is 1.87 bits per heavy atom. The summed E-state index contributed by atoms with van der Waals surface area (Å²) in [5.41, 5.74) is 1.40. The zero-order valence-electron chi connectivity index (χ0n) is 19.6. The van der Waals surface area contributed by atoms with Gasteiger partial charge >= 0.3 is 11.8 Å². The fraction of sp³-hybridized carbons (Fsp3) is 0.435. The smallest absolute Gasteiger partial charge is 0.412 e. The van der Waals surface area contributed by atoms with Gasteiger partial charge in [-0.2, -0.15) is 0 Å². The van der Waals surface area contributed by atoms with Crippen LogP contribution in [0.3, 0.4) is 0 Å². The summed E-state index contributed by atoms with van der Waals surface area (Å²) in [7, 11) is 0. The fourth-order valence-corrected chi connectivity index (χ4v) is 2.57. The molecule has 0 saturated heterocycles. The van der Waals surface area contributed by atoms with Crippen LogP contribution in [0.1, 0.15) is 65.6 Å². The number of amides is 1. The highest BCUT2D eigenvalue weighted by Crippen LogP contribution is 2.23. The predicted molar refractivity (Wildman–Crippen MR) is 128 cm³/mol. The van der Waals surface area contributed by atoms with Gasteiger partial charge in [-0.15, -0.1) is 0 Å². The van der Waals surface area contributed by atoms with Gasteiger partial charge in [0.2, 0.25) is 0 Å². The first-order valence-corrected chi connectivity index (χ1v) is 10.3. The lowest BCUT2D eigenvalue weighted by molar-refractivity contribution is 0.0636. The highest BCUT2D eigenvalue weighted by molar-refractivity contribution is 5.99. The van der Waals surface area contributed by atoms with Crippen molar-refractivity contribution in [3.05, 3.63) is 52.7 Å². The molecule has 8 nitrogen and oxygen atoms in total. The number of hydrogen-bond acceptors (Lipinski definition) is 5. The Bertz CT molecular complexity index is 978. The fourth-order valence-electron chi connectivity index (χ4n) is 2.57. The number of anilines is 2. The van der Waals surface area contributed by atoms with Crippen molar-refractivity contribution in [1.29, 1.82) is 5.41 Å². The molecule has 2 rings (SSSR count). The Morgan fingerprint density at radius 3 is 2.35 bits per heavy atom. The third-order valence-corrected chi connectivity index (χ3v) is 3.97. The number of ether oxygens (including phenoxy) is 1. The van der Waals surface area contributed by atoms with Gasteiger partial charge in [0.1, 0.15) is 17.1 Å². The molecule has 0 aliphatic heterocycles. The van der Waals surface area contributed by atoms with Crippen LogP contribution in [0.5, 0.6) is 0 Å². The SMILES string of the molecule is C=CNc1c(C(C)=N)[nH]c(=O)n1-c1cc(C)cc(NC(=O)OC(C)(C)C)c1.CCCC. The molecule has 1 heterocycles. The maximum absolute atomic E-state index is 12.5. The second kappa shape index (κ2) is 11.2. The first kappa shape index (κ1) is 25.7. The van der Waals surface area contributed by atoms with E-state index in [4.69, 9.17) is 10.1 Å². The number of nitrogens with one attached hydrogen (secondary N) is 4. The molecule has 0 spiro atoms. The van der Waals surface area contributed by atoms with Crippen molar-refractivity contribution in [2.45, 2.75) is 66.9 Å². The van der Waals surface area contributed by atoms with Gasteiger partial charge < -0.3 is 20.4 Å². The third kappa shape index (κ3) is 7.81. The lowest BCUT2D eigenvalue weighted by atomic mass is 10.2. The Hall–Kier alpha value is -3.29. The van der Waals surface area contributed by atoms with Gasteiger partial charge in [-0.05, 0) is 64.6 Å². The van der Waals surface area contributed by atoms with Crippen LogP contribution in [0.4, 0.5) is 16.3 Å². The third-order valence-electron chi connectivity index (χ3n) is 3.97. The summed E-state index contributed by atoms with van der Waals surface area (Å²) in [6.45, 7) is 16.8. The monoisotopic (exact) mass is 429 g/mol. The van der Waals surface area contributed by atoms with E-state index in [-0.39, 0.29) is 5.71 Å². The molecule has 4 N–H and O–H groups in total. The maximum Gasteiger partial charge on any atom is 0.412 e. The summed E-state index contributed by atoms with van der Waals surface area (Å²) < 4.78 is 6.66. The van der Waals surface area contributed by atoms with E-state index < -0.39 is 17.4 Å². The van der Waals surface area contributed by atoms with Crippen molar-refractivity contribution in [2.24, 2.45) is 0 Å². The molecule has 0 radical (unpaired) electrons. The number of unbranched alkanes of at least 4 members (excludes halogenated alkanes) is 1. The Labute approximate surface area is 184 Å². The van der Waals surface area contributed by atoms with Gasteiger partial charge in [-0.3, -0.25) is 5.32 Å². The zero-order valence-corrected chi connectivity index (χ0v) is 19.6. The van der Waals surface area contributed by atoms with E-state index in [0.29, 0.717) is 22.9 Å². The van der Waals surface area contributed by atoms with Gasteiger partial charge in [-0.1, -0.05) is 33.3 Å². The van der Waals surface area contributed by atoms with Crippen molar-refractivity contribution in [3.8, 4) is 5.69 Å². The number of H-pyrrole nitrogens is 1. The number of aromatic amines is 1. The summed E-state index contributed by atoms with van der Waals surface area (Å²) in [4.78, 5) is 27.2. The van der Waals surface area contributed by atoms with Crippen LogP contribution in [0.15, 0.2) is 35.8 Å². The summed E-state index contributed by atoms with van der Waals surface area (Å²) in [5, 5.41) is 13.4. The van der Waals surface area contributed by atoms with E-state index in [1.54, 1.807) is 45.9 Å². The summed E-state index contributed by atoms with van der Waals surface area (Å²) in [6.07, 6.45) is 3.49. The van der Waals surface area contributed by atoms with Crippen LogP contribution in [0, 0.1) is 12.3 Å². The molecule has 0 aliphatic carbocycles. The summed E-state index contributed by atoms with van der Waals surface area (Å²) in [5.74, 6) is 0.399. The molecule has 8 heteroatoms. The van der Waals surface area contributed by atoms with Crippen LogP contribution in [-0.2, 0) is 4.74 Å². The number of carbonyl (C=O) groups excluding carboxylic acids is 1. The topological polar surface area (TPSA) is 112 Å². The molecule has 1 aromatic heterocycles. The number of hydrogen-bond donors (Lipinski definition) is 4. The number of rotatable bonds is 6. The molecule has 2 aromatic rings. The minimum atomic E-state index is -0.619. The maximum atomic E-state index is 12.5. The van der Waals surface area contributed by atoms with Gasteiger partial charge in [0.05, 0.1) is 11.4 Å². The van der Waals surface area contributed by atoms with Crippen LogP contribution in [-0.4, -0.2) is 27.0 Å². The van der Waals surface area contributed by atoms with Gasteiger partial charge in [0, 0.05) is 5.69 Å². The van der Waals surface area contributed by atoms with E-state index in [9.17, 15) is 9.59 Å². The number of benzene rings is 1. The lowest BCUT2D eigenvalue weighted by Crippen LogP contribution is -2.27. The van der Waals surface area contributed by atoms with E-state index in [2.05, 4.69) is 36.0 Å². The minimum Gasteiger partial charge on any atom is -0.444 e. The standard InChI is InChI=1S/C19H25N5O3.C4H10/c1-7-21-16-15(12(3)20)23-17(25)24(16)14-9-11(2)8-13(10-14)22-18(26)27-19(4,5)6;1-3-4-2/h7-10,20-21H,1H2,2-6H3,(H,22,26)(H,23,25);3-4H2,1-2H3. The average Bonchev–Trinajstić information content (AvgIpc) is 2.96. The van der Waals surface area contributed by atoms with Crippen molar-refractivity contribution >= 4 is 23.3 Å². The van der Waals surface area contributed by atoms with E-state index in [1.807, 2.05) is 6.92 Å². The molecule has 0 aliphatic rings. The van der Waals surface area contributed by atoms with Crippen LogP contribution in [0.25, 0.3) is 5.69 Å². The zero-order chi connectivity index (χ0) is 23.8. The van der Waals surface area contributed by atoms with E-state index >= 15 is 0 Å². The van der Waals surface area contributed by atoms with Gasteiger partial charge in [-0.25, -0.2) is 14.2 Å². The number of aryl methyl sites for hydroxylation is 1. The van der Waals surface area contributed by atoms with Crippen molar-refractivity contribution in [3.63, 3.8) is 0 Å². The van der Waals surface area contributed by atoms with Crippen molar-refractivity contribution in [2.75, 3.05) is 10.6 Å². The number of carbonyl (C=O) groups is 1. The Morgan fingerprint density at radius 1 is 1.26 bits per heavy atom. The predicted octanol–water partition coefficient (Wildman–Crippen LogP) is 5.57. The average molecular weight is 430 g/mol. The van der Waals surface area contributed by atoms with E-state index in [1.165, 1.54) is 23.6 Å². The Balaban J connectivity index is 0.00000110. The summed E-state index contributed by atoms with van der Waals surface area (Å²) >= 11 is 0. The molecule has 170 valence electrons. The normalized spacial score (nSPS) is 10.5. The molecule has 1 aromatic carbocycles. The van der Waals surface area contributed by atoms with Crippen LogP contribution in [0.2, 0.25) is 0 Å². The molecular formula is C23H35N5O3. The first-order chi connectivity index (χ1) is 14.4. The van der Waals surface area contributed by atoms with Crippen molar-refractivity contribution < 1.29 is 9.53 Å². The molecule has 0 atom stereocenters. The highest BCUT2D eigenvalue weighted by atomic mass is 16.6. The minimum absolute atomic E-state index is 0.204. The van der Waals surface area contributed by atoms with Gasteiger partial charge in [0.25, 0.3) is 0 Å². The number of nitrogens with zero attached hydrogens (tertiary/aromatic N) is 1. The van der Waals surface area contributed by atoms with Crippen molar-refractivity contribution in [1.82, 2.24) is 9.55 Å².